The first kappa shape index (κ1) is 23.4. The monoisotopic (exact) mass is 517 g/mol. The van der Waals surface area contributed by atoms with Gasteiger partial charge in [-0.15, -0.1) is 0 Å². The zero-order valence-electron chi connectivity index (χ0n) is 16.8. The van der Waals surface area contributed by atoms with Gasteiger partial charge in [-0.3, -0.25) is 14.5 Å². The van der Waals surface area contributed by atoms with Crippen LogP contribution in [0.1, 0.15) is 21.5 Å². The summed E-state index contributed by atoms with van der Waals surface area (Å²) in [6.45, 7) is 0.0938. The first-order valence-electron chi connectivity index (χ1n) is 9.57. The van der Waals surface area contributed by atoms with Gasteiger partial charge in [0.15, 0.2) is 0 Å². The minimum Gasteiger partial charge on any atom is -0.422 e. The van der Waals surface area contributed by atoms with E-state index in [1.54, 1.807) is 60.7 Å². The van der Waals surface area contributed by atoms with Crippen molar-refractivity contribution < 1.29 is 19.1 Å². The van der Waals surface area contributed by atoms with Gasteiger partial charge in [0.2, 0.25) is 0 Å². The molecule has 0 bridgehead atoms. The number of carbonyl (C=O) groups excluding carboxylic acids is 3. The minimum atomic E-state index is -0.599. The molecule has 1 aliphatic rings. The number of ether oxygens (including phenoxy) is 1. The molecule has 4 rings (SSSR count). The molecule has 1 saturated heterocycles. The van der Waals surface area contributed by atoms with Crippen molar-refractivity contribution in [3.8, 4) is 5.75 Å². The molecular formula is C24H14Cl3NO4S. The number of thioether (sulfide) groups is 1. The van der Waals surface area contributed by atoms with Gasteiger partial charge in [0.05, 0.1) is 17.0 Å². The average Bonchev–Trinajstić information content (AvgIpc) is 3.03. The number of amides is 2. The predicted molar refractivity (Wildman–Crippen MR) is 131 cm³/mol. The predicted octanol–water partition coefficient (Wildman–Crippen LogP) is 7.10. The molecule has 0 saturated carbocycles. The van der Waals surface area contributed by atoms with E-state index in [-0.39, 0.29) is 17.2 Å². The van der Waals surface area contributed by atoms with Crippen LogP contribution in [0.25, 0.3) is 6.08 Å². The summed E-state index contributed by atoms with van der Waals surface area (Å²) in [7, 11) is 0. The summed E-state index contributed by atoms with van der Waals surface area (Å²) in [5.41, 5.74) is 1.42. The van der Waals surface area contributed by atoms with Crippen molar-refractivity contribution in [1.29, 1.82) is 0 Å². The lowest BCUT2D eigenvalue weighted by atomic mass is 10.1. The summed E-state index contributed by atoms with van der Waals surface area (Å²) in [5.74, 6) is -0.862. The normalized spacial score (nSPS) is 14.8. The van der Waals surface area contributed by atoms with E-state index in [2.05, 4.69) is 0 Å². The van der Waals surface area contributed by atoms with E-state index in [0.717, 1.165) is 22.2 Å². The van der Waals surface area contributed by atoms with E-state index in [4.69, 9.17) is 39.5 Å². The molecule has 9 heteroatoms. The van der Waals surface area contributed by atoms with Gasteiger partial charge in [0.25, 0.3) is 11.1 Å². The van der Waals surface area contributed by atoms with Crippen molar-refractivity contribution in [1.82, 2.24) is 4.90 Å². The van der Waals surface area contributed by atoms with Crippen molar-refractivity contribution in [2.45, 2.75) is 6.54 Å². The van der Waals surface area contributed by atoms with E-state index in [1.807, 2.05) is 0 Å². The lowest BCUT2D eigenvalue weighted by Crippen LogP contribution is -2.27. The Kier molecular flexibility index (Phi) is 7.10. The largest absolute Gasteiger partial charge is 0.422 e. The third-order valence-electron chi connectivity index (χ3n) is 4.64. The number of halogens is 3. The number of nitrogens with zero attached hydrogens (tertiary/aromatic N) is 1. The fraction of sp³-hybridized carbons (Fsp3) is 0.0417. The fourth-order valence-electron chi connectivity index (χ4n) is 3.07. The van der Waals surface area contributed by atoms with Crippen LogP contribution in [0.3, 0.4) is 0 Å². The van der Waals surface area contributed by atoms with E-state index in [0.29, 0.717) is 26.2 Å². The van der Waals surface area contributed by atoms with Crippen LogP contribution in [-0.2, 0) is 11.3 Å². The highest BCUT2D eigenvalue weighted by Crippen LogP contribution is 2.36. The number of benzene rings is 3. The molecule has 0 N–H and O–H groups in total. The van der Waals surface area contributed by atoms with Crippen molar-refractivity contribution in [2.24, 2.45) is 0 Å². The average molecular weight is 519 g/mol. The number of hydrogen-bond acceptors (Lipinski definition) is 5. The zero-order chi connectivity index (χ0) is 23.5. The molecule has 166 valence electrons. The van der Waals surface area contributed by atoms with Crippen molar-refractivity contribution >= 4 is 69.8 Å². The summed E-state index contributed by atoms with van der Waals surface area (Å²) in [6, 6.07) is 17.8. The third kappa shape index (κ3) is 5.60. The standard InChI is InChI=1S/C24H14Cl3NO4S/c25-17-6-4-15(5-7-17)23(30)32-20-9-8-19(27)11-16(20)12-21-22(29)28(24(31)33-21)13-14-2-1-3-18(26)10-14/h1-12H,13H2/b21-12-. The molecule has 3 aromatic rings. The minimum absolute atomic E-state index is 0.0938. The maximum atomic E-state index is 12.9. The summed E-state index contributed by atoms with van der Waals surface area (Å²) in [5, 5.41) is 0.979. The molecule has 0 aromatic heterocycles. The van der Waals surface area contributed by atoms with Crippen molar-refractivity contribution in [2.75, 3.05) is 0 Å². The highest BCUT2D eigenvalue weighted by Gasteiger charge is 2.35. The molecular weight excluding hydrogens is 505 g/mol. The molecule has 0 unspecified atom stereocenters. The Morgan fingerprint density at radius 2 is 1.61 bits per heavy atom. The van der Waals surface area contributed by atoms with E-state index in [1.165, 1.54) is 12.1 Å². The van der Waals surface area contributed by atoms with Crippen LogP contribution in [0, 0.1) is 0 Å². The highest BCUT2D eigenvalue weighted by molar-refractivity contribution is 8.18. The van der Waals surface area contributed by atoms with Crippen LogP contribution in [0.5, 0.6) is 5.75 Å². The van der Waals surface area contributed by atoms with Crippen LogP contribution in [0.2, 0.25) is 15.1 Å². The fourth-order valence-corrected chi connectivity index (χ4v) is 4.41. The van der Waals surface area contributed by atoms with Crippen molar-refractivity contribution in [3.63, 3.8) is 0 Å². The second-order valence-electron chi connectivity index (χ2n) is 6.98. The summed E-state index contributed by atoms with van der Waals surface area (Å²) in [6.07, 6.45) is 1.49. The maximum Gasteiger partial charge on any atom is 0.343 e. The first-order chi connectivity index (χ1) is 15.8. The van der Waals surface area contributed by atoms with Gasteiger partial charge >= 0.3 is 5.97 Å². The molecule has 1 heterocycles. The van der Waals surface area contributed by atoms with E-state index in [9.17, 15) is 14.4 Å². The van der Waals surface area contributed by atoms with Gasteiger partial charge in [-0.05, 0) is 78.0 Å². The number of rotatable bonds is 5. The topological polar surface area (TPSA) is 63.7 Å². The Morgan fingerprint density at radius 1 is 0.909 bits per heavy atom. The number of esters is 1. The molecule has 1 fully saturated rings. The lowest BCUT2D eigenvalue weighted by molar-refractivity contribution is -0.123. The molecule has 0 atom stereocenters. The number of carbonyl (C=O) groups is 3. The third-order valence-corrected chi connectivity index (χ3v) is 6.27. The van der Waals surface area contributed by atoms with E-state index < -0.39 is 17.1 Å². The van der Waals surface area contributed by atoms with Gasteiger partial charge < -0.3 is 4.74 Å². The molecule has 3 aromatic carbocycles. The molecule has 0 spiro atoms. The molecule has 1 aliphatic heterocycles. The van der Waals surface area contributed by atoms with Crippen LogP contribution in [0.4, 0.5) is 4.79 Å². The molecule has 0 aliphatic carbocycles. The van der Waals surface area contributed by atoms with Crippen molar-refractivity contribution in [3.05, 3.63) is 103 Å². The molecule has 0 radical (unpaired) electrons. The molecule has 33 heavy (non-hydrogen) atoms. The van der Waals surface area contributed by atoms with Crippen LogP contribution in [-0.4, -0.2) is 22.0 Å². The van der Waals surface area contributed by atoms with Gasteiger partial charge in [-0.1, -0.05) is 46.9 Å². The van der Waals surface area contributed by atoms with Crippen LogP contribution < -0.4 is 4.74 Å². The lowest BCUT2D eigenvalue weighted by Gasteiger charge is -2.12. The van der Waals surface area contributed by atoms with Crippen LogP contribution in [0.15, 0.2) is 71.6 Å². The second-order valence-corrected chi connectivity index (χ2v) is 9.28. The van der Waals surface area contributed by atoms with Gasteiger partial charge in [-0.2, -0.15) is 0 Å². The van der Waals surface area contributed by atoms with Gasteiger partial charge in [0, 0.05) is 20.6 Å². The van der Waals surface area contributed by atoms with E-state index >= 15 is 0 Å². The second kappa shape index (κ2) is 10.0. The Labute approximate surface area is 208 Å². The Hall–Kier alpha value is -2.77. The first-order valence-corrected chi connectivity index (χ1v) is 11.5. The zero-order valence-corrected chi connectivity index (χ0v) is 19.8. The quantitative estimate of drug-likeness (QED) is 0.205. The SMILES string of the molecule is O=C(Oc1ccc(Cl)cc1/C=C1\SC(=O)N(Cc2cccc(Cl)c2)C1=O)c1ccc(Cl)cc1. The highest BCUT2D eigenvalue weighted by atomic mass is 35.5. The van der Waals surface area contributed by atoms with Gasteiger partial charge in [-0.25, -0.2) is 4.79 Å². The number of imide groups is 1. The Balaban J connectivity index is 1.58. The summed E-state index contributed by atoms with van der Waals surface area (Å²) in [4.78, 5) is 39.3. The van der Waals surface area contributed by atoms with Gasteiger partial charge in [0.1, 0.15) is 5.75 Å². The maximum absolute atomic E-state index is 12.9. The Bertz CT molecular complexity index is 1290. The summed E-state index contributed by atoms with van der Waals surface area (Å²) >= 11 is 18.8. The van der Waals surface area contributed by atoms with Crippen LogP contribution >= 0.6 is 46.6 Å². The molecule has 2 amide bonds. The molecule has 5 nitrogen and oxygen atoms in total. The smallest absolute Gasteiger partial charge is 0.343 e. The summed E-state index contributed by atoms with van der Waals surface area (Å²) < 4.78 is 5.52. The Morgan fingerprint density at radius 3 is 2.33 bits per heavy atom. The number of hydrogen-bond donors (Lipinski definition) is 0.